The van der Waals surface area contributed by atoms with Gasteiger partial charge in [0.05, 0.1) is 12.8 Å². The number of ether oxygens (including phenoxy) is 2. The van der Waals surface area contributed by atoms with Crippen molar-refractivity contribution in [1.82, 2.24) is 0 Å². The molecule has 3 rings (SSSR count). The van der Waals surface area contributed by atoms with Crippen LogP contribution in [-0.2, 0) is 4.79 Å². The van der Waals surface area contributed by atoms with Crippen molar-refractivity contribution in [3.05, 3.63) is 53.8 Å². The van der Waals surface area contributed by atoms with Crippen LogP contribution >= 0.6 is 0 Å². The Hall–Kier alpha value is -2.78. The summed E-state index contributed by atoms with van der Waals surface area (Å²) >= 11 is 0. The van der Waals surface area contributed by atoms with Crippen molar-refractivity contribution in [2.45, 2.75) is 0 Å². The van der Waals surface area contributed by atoms with Gasteiger partial charge in [-0.1, -0.05) is 0 Å². The lowest BCUT2D eigenvalue weighted by molar-refractivity contribution is -1.01. The van der Waals surface area contributed by atoms with E-state index < -0.39 is 23.4 Å². The molecule has 2 aromatic rings. The van der Waals surface area contributed by atoms with E-state index in [2.05, 4.69) is 5.32 Å². The Morgan fingerprint density at radius 1 is 0.933 bits per heavy atom. The van der Waals surface area contributed by atoms with Gasteiger partial charge in [0.2, 0.25) is 0 Å². The van der Waals surface area contributed by atoms with Gasteiger partial charge < -0.3 is 24.6 Å². The zero-order valence-electron chi connectivity index (χ0n) is 16.8. The molecule has 162 valence electrons. The molecule has 1 fully saturated rings. The minimum absolute atomic E-state index is 0.147. The van der Waals surface area contributed by atoms with Crippen molar-refractivity contribution in [2.75, 3.05) is 58.3 Å². The number of anilines is 1. The smallest absolute Gasteiger partial charge is 0.279 e. The third-order valence-electron chi connectivity index (χ3n) is 5.17. The average molecular weight is 425 g/mol. The van der Waals surface area contributed by atoms with Gasteiger partial charge in [-0.05, 0) is 36.4 Å². The molecule has 0 spiro atoms. The number of carbonyl (C=O) groups excluding carboxylic acids is 1. The number of amides is 1. The lowest BCUT2D eigenvalue weighted by Gasteiger charge is -2.29. The number of quaternary nitrogens is 2. The summed E-state index contributed by atoms with van der Waals surface area (Å²) in [7, 11) is 1.62. The normalized spacial score (nSPS) is 18.7. The summed E-state index contributed by atoms with van der Waals surface area (Å²) in [4.78, 5) is 14.6. The van der Waals surface area contributed by atoms with Crippen molar-refractivity contribution >= 4 is 11.6 Å². The number of methoxy groups -OCH3 is 1. The predicted octanol–water partition coefficient (Wildman–Crippen LogP) is -0.0866. The molecule has 0 saturated carbocycles. The number of hydrogen-bond donors (Lipinski definition) is 3. The number of rotatable bonds is 8. The van der Waals surface area contributed by atoms with Crippen molar-refractivity contribution in [3.8, 4) is 11.5 Å². The van der Waals surface area contributed by atoms with Crippen LogP contribution in [0.3, 0.4) is 0 Å². The van der Waals surface area contributed by atoms with E-state index in [0.29, 0.717) is 6.61 Å². The summed E-state index contributed by atoms with van der Waals surface area (Å²) in [6.07, 6.45) is 0. The Kier molecular flexibility index (Phi) is 7.53. The van der Waals surface area contributed by atoms with Crippen molar-refractivity contribution in [1.29, 1.82) is 0 Å². The van der Waals surface area contributed by atoms with Crippen LogP contribution in [0.1, 0.15) is 0 Å². The van der Waals surface area contributed by atoms with Crippen molar-refractivity contribution in [3.63, 3.8) is 0 Å². The fraction of sp³-hybridized carbons (Fsp3) is 0.381. The minimum atomic E-state index is -1.59. The highest BCUT2D eigenvalue weighted by Crippen LogP contribution is 2.19. The quantitative estimate of drug-likeness (QED) is 0.519. The number of hydrogen-bond acceptors (Lipinski definition) is 3. The van der Waals surface area contributed by atoms with Crippen LogP contribution < -0.4 is 24.6 Å². The molecule has 1 aliphatic rings. The number of nitrogens with one attached hydrogen (secondary N) is 3. The number of halogens is 3. The molecule has 3 N–H and O–H groups in total. The van der Waals surface area contributed by atoms with Gasteiger partial charge in [0.25, 0.3) is 5.91 Å². The Morgan fingerprint density at radius 2 is 1.57 bits per heavy atom. The minimum Gasteiger partial charge on any atom is -0.497 e. The molecule has 1 amide bonds. The third kappa shape index (κ3) is 5.87. The molecule has 2 aromatic carbocycles. The third-order valence-corrected chi connectivity index (χ3v) is 5.17. The van der Waals surface area contributed by atoms with Crippen LogP contribution in [0, 0.1) is 17.5 Å². The predicted molar refractivity (Wildman–Crippen MR) is 105 cm³/mol. The van der Waals surface area contributed by atoms with Gasteiger partial charge in [0.1, 0.15) is 50.8 Å². The van der Waals surface area contributed by atoms with E-state index in [1.807, 2.05) is 24.3 Å². The Labute approximate surface area is 173 Å². The summed E-state index contributed by atoms with van der Waals surface area (Å²) in [6.45, 7) is 4.92. The van der Waals surface area contributed by atoms with Crippen LogP contribution in [0.4, 0.5) is 18.9 Å². The van der Waals surface area contributed by atoms with E-state index in [9.17, 15) is 18.0 Å². The largest absolute Gasteiger partial charge is 0.497 e. The summed E-state index contributed by atoms with van der Waals surface area (Å²) in [5, 5.41) is 2.32. The second-order valence-electron chi connectivity index (χ2n) is 7.22. The van der Waals surface area contributed by atoms with Gasteiger partial charge in [-0.2, -0.15) is 0 Å². The molecule has 0 unspecified atom stereocenters. The summed E-state index contributed by atoms with van der Waals surface area (Å²) < 4.78 is 50.8. The molecule has 30 heavy (non-hydrogen) atoms. The van der Waals surface area contributed by atoms with Crippen LogP contribution in [0.15, 0.2) is 36.4 Å². The summed E-state index contributed by atoms with van der Waals surface area (Å²) in [5.74, 6) is -3.12. The maximum Gasteiger partial charge on any atom is 0.279 e. The zero-order valence-corrected chi connectivity index (χ0v) is 16.8. The molecule has 1 heterocycles. The SMILES string of the molecule is COc1ccc(OCC[NH+]2CC[NH+](CC(=O)Nc3ccc(F)c(F)c3F)CC2)cc1. The first-order valence-corrected chi connectivity index (χ1v) is 9.83. The molecule has 0 radical (unpaired) electrons. The monoisotopic (exact) mass is 425 g/mol. The van der Waals surface area contributed by atoms with Gasteiger partial charge in [-0.3, -0.25) is 4.79 Å². The van der Waals surface area contributed by atoms with Crippen LogP contribution in [-0.4, -0.2) is 58.9 Å². The van der Waals surface area contributed by atoms with Crippen molar-refractivity contribution in [2.24, 2.45) is 0 Å². The van der Waals surface area contributed by atoms with E-state index in [1.54, 1.807) is 7.11 Å². The Bertz CT molecular complexity index is 857. The first-order chi connectivity index (χ1) is 14.5. The molecule has 9 heteroatoms. The molecular formula is C21H26F3N3O3+2. The standard InChI is InChI=1S/C21H24F3N3O3/c1-29-15-2-4-16(5-3-15)30-13-12-26-8-10-27(11-9-26)14-19(28)25-18-7-6-17(22)20(23)21(18)24/h2-7H,8-14H2,1H3,(H,25,28)/p+2. The molecule has 0 aromatic heterocycles. The maximum atomic E-state index is 13.7. The van der Waals surface area contributed by atoms with E-state index in [0.717, 1.165) is 61.3 Å². The van der Waals surface area contributed by atoms with Crippen LogP contribution in [0.25, 0.3) is 0 Å². The fourth-order valence-electron chi connectivity index (χ4n) is 3.41. The van der Waals surface area contributed by atoms with Crippen LogP contribution in [0.5, 0.6) is 11.5 Å². The van der Waals surface area contributed by atoms with E-state index in [-0.39, 0.29) is 12.2 Å². The van der Waals surface area contributed by atoms with Crippen LogP contribution in [0.2, 0.25) is 0 Å². The molecule has 0 aliphatic carbocycles. The Balaban J connectivity index is 1.37. The topological polar surface area (TPSA) is 56.4 Å². The Morgan fingerprint density at radius 3 is 2.23 bits per heavy atom. The molecule has 1 saturated heterocycles. The van der Waals surface area contributed by atoms with E-state index >= 15 is 0 Å². The molecule has 1 aliphatic heterocycles. The highest BCUT2D eigenvalue weighted by Gasteiger charge is 2.25. The molecular weight excluding hydrogens is 399 g/mol. The molecule has 6 nitrogen and oxygen atoms in total. The van der Waals surface area contributed by atoms with Gasteiger partial charge in [-0.25, -0.2) is 13.2 Å². The van der Waals surface area contributed by atoms with Crippen molar-refractivity contribution < 1.29 is 37.2 Å². The van der Waals surface area contributed by atoms with Gasteiger partial charge >= 0.3 is 0 Å². The zero-order chi connectivity index (χ0) is 21.5. The maximum absolute atomic E-state index is 13.7. The van der Waals surface area contributed by atoms with Gasteiger partial charge in [-0.15, -0.1) is 0 Å². The fourth-order valence-corrected chi connectivity index (χ4v) is 3.41. The summed E-state index contributed by atoms with van der Waals surface area (Å²) in [6, 6.07) is 9.24. The average Bonchev–Trinajstić information content (AvgIpc) is 2.76. The second kappa shape index (κ2) is 10.3. The number of benzene rings is 2. The second-order valence-corrected chi connectivity index (χ2v) is 7.22. The molecule has 0 bridgehead atoms. The highest BCUT2D eigenvalue weighted by molar-refractivity contribution is 5.91. The van der Waals surface area contributed by atoms with E-state index in [1.165, 1.54) is 4.90 Å². The lowest BCUT2D eigenvalue weighted by atomic mass is 10.2. The van der Waals surface area contributed by atoms with E-state index in [4.69, 9.17) is 9.47 Å². The number of carbonyl (C=O) groups is 1. The van der Waals surface area contributed by atoms with Gasteiger partial charge in [0.15, 0.2) is 24.0 Å². The number of piperazine rings is 1. The lowest BCUT2D eigenvalue weighted by Crippen LogP contribution is -3.28. The van der Waals surface area contributed by atoms with Gasteiger partial charge in [0, 0.05) is 0 Å². The highest BCUT2D eigenvalue weighted by atomic mass is 19.2. The molecule has 0 atom stereocenters. The first kappa shape index (κ1) is 21.9. The summed E-state index contributed by atoms with van der Waals surface area (Å²) in [5.41, 5.74) is -0.349. The first-order valence-electron chi connectivity index (χ1n) is 9.83.